The largest absolute Gasteiger partial charge is 0.485 e. The fraction of sp³-hybridized carbons (Fsp3) is 0.333. The smallest absolute Gasteiger partial charge is 0.170 e. The molecule has 0 aliphatic heterocycles. The van der Waals surface area contributed by atoms with Crippen LogP contribution in [0.1, 0.15) is 24.4 Å². The summed E-state index contributed by atoms with van der Waals surface area (Å²) in [6, 6.07) is 4.04. The number of benzene rings is 1. The first kappa shape index (κ1) is 12.5. The van der Waals surface area contributed by atoms with E-state index in [2.05, 4.69) is 10.2 Å². The highest BCUT2D eigenvalue weighted by Crippen LogP contribution is 2.26. The summed E-state index contributed by atoms with van der Waals surface area (Å²) in [5.41, 5.74) is 0.414. The summed E-state index contributed by atoms with van der Waals surface area (Å²) in [6.07, 6.45) is 0.772. The Morgan fingerprint density at radius 2 is 2.28 bits per heavy atom. The van der Waals surface area contributed by atoms with Gasteiger partial charge in [-0.25, -0.2) is 4.39 Å². The molecular formula is C12H14FN3O2. The van der Waals surface area contributed by atoms with Gasteiger partial charge in [-0.05, 0) is 25.1 Å². The number of rotatable bonds is 4. The second-order valence-corrected chi connectivity index (χ2v) is 4.00. The lowest BCUT2D eigenvalue weighted by Crippen LogP contribution is -2.05. The van der Waals surface area contributed by atoms with Crippen LogP contribution in [0.15, 0.2) is 24.5 Å². The standard InChI is InChI=1S/C12H14FN3O2/c1-8(17)10-5-9(13)3-4-11(10)18-6-12-15-14-7-16(12)2/h3-5,7-8,17H,6H2,1-2H3/t8-/m0/s1. The molecule has 2 aromatic rings. The first-order valence-corrected chi connectivity index (χ1v) is 5.51. The number of hydrogen-bond acceptors (Lipinski definition) is 4. The normalized spacial score (nSPS) is 12.4. The van der Waals surface area contributed by atoms with Gasteiger partial charge in [0.2, 0.25) is 0 Å². The van der Waals surface area contributed by atoms with E-state index in [9.17, 15) is 9.50 Å². The minimum atomic E-state index is -0.796. The van der Waals surface area contributed by atoms with E-state index >= 15 is 0 Å². The Balaban J connectivity index is 2.16. The Labute approximate surface area is 104 Å². The first-order chi connectivity index (χ1) is 8.58. The van der Waals surface area contributed by atoms with E-state index in [1.807, 2.05) is 0 Å². The molecule has 0 saturated carbocycles. The monoisotopic (exact) mass is 251 g/mol. The highest BCUT2D eigenvalue weighted by Gasteiger charge is 2.11. The molecule has 1 aromatic carbocycles. The fourth-order valence-electron chi connectivity index (χ4n) is 1.56. The molecule has 0 amide bonds. The molecule has 0 spiro atoms. The van der Waals surface area contributed by atoms with Gasteiger partial charge >= 0.3 is 0 Å². The number of hydrogen-bond donors (Lipinski definition) is 1. The van der Waals surface area contributed by atoms with Gasteiger partial charge in [-0.2, -0.15) is 0 Å². The van der Waals surface area contributed by atoms with Gasteiger partial charge in [0.15, 0.2) is 5.82 Å². The molecule has 1 aromatic heterocycles. The van der Waals surface area contributed by atoms with Crippen LogP contribution >= 0.6 is 0 Å². The van der Waals surface area contributed by atoms with E-state index in [4.69, 9.17) is 4.74 Å². The zero-order valence-electron chi connectivity index (χ0n) is 10.2. The van der Waals surface area contributed by atoms with Crippen molar-refractivity contribution in [1.82, 2.24) is 14.8 Å². The van der Waals surface area contributed by atoms with Gasteiger partial charge in [0.1, 0.15) is 24.5 Å². The fourth-order valence-corrected chi connectivity index (χ4v) is 1.56. The van der Waals surface area contributed by atoms with Gasteiger partial charge in [0.25, 0.3) is 0 Å². The molecule has 0 radical (unpaired) electrons. The second-order valence-electron chi connectivity index (χ2n) is 4.00. The van der Waals surface area contributed by atoms with Gasteiger partial charge < -0.3 is 14.4 Å². The van der Waals surface area contributed by atoms with Crippen molar-refractivity contribution in [2.45, 2.75) is 19.6 Å². The number of aromatic nitrogens is 3. The molecule has 0 saturated heterocycles. The van der Waals surface area contributed by atoms with Crippen LogP contribution in [0.25, 0.3) is 0 Å². The number of aliphatic hydroxyl groups is 1. The van der Waals surface area contributed by atoms with Crippen LogP contribution in [-0.4, -0.2) is 19.9 Å². The molecule has 1 heterocycles. The van der Waals surface area contributed by atoms with Crippen LogP contribution in [-0.2, 0) is 13.7 Å². The maximum absolute atomic E-state index is 13.1. The van der Waals surface area contributed by atoms with E-state index in [0.29, 0.717) is 17.1 Å². The number of aryl methyl sites for hydroxylation is 1. The topological polar surface area (TPSA) is 60.2 Å². The molecule has 96 valence electrons. The van der Waals surface area contributed by atoms with E-state index < -0.39 is 11.9 Å². The lowest BCUT2D eigenvalue weighted by atomic mass is 10.1. The van der Waals surface area contributed by atoms with Crippen LogP contribution in [0, 0.1) is 5.82 Å². The maximum Gasteiger partial charge on any atom is 0.170 e. The Hall–Kier alpha value is -1.95. The Morgan fingerprint density at radius 3 is 2.89 bits per heavy atom. The lowest BCUT2D eigenvalue weighted by molar-refractivity contribution is 0.188. The van der Waals surface area contributed by atoms with E-state index in [0.717, 1.165) is 0 Å². The van der Waals surface area contributed by atoms with Gasteiger partial charge in [0.05, 0.1) is 6.10 Å². The number of nitrogens with zero attached hydrogens (tertiary/aromatic N) is 3. The van der Waals surface area contributed by atoms with Crippen molar-refractivity contribution in [3.63, 3.8) is 0 Å². The summed E-state index contributed by atoms with van der Waals surface area (Å²) in [5.74, 6) is 0.683. The number of halogens is 1. The van der Waals surface area contributed by atoms with Crippen molar-refractivity contribution in [3.05, 3.63) is 41.7 Å². The molecule has 1 atom stereocenters. The third-order valence-corrected chi connectivity index (χ3v) is 2.58. The Kier molecular flexibility index (Phi) is 3.57. The average molecular weight is 251 g/mol. The van der Waals surface area contributed by atoms with Crippen molar-refractivity contribution in [2.24, 2.45) is 7.05 Å². The molecule has 5 nitrogen and oxygen atoms in total. The molecule has 1 N–H and O–H groups in total. The number of aliphatic hydroxyl groups excluding tert-OH is 1. The third-order valence-electron chi connectivity index (χ3n) is 2.58. The van der Waals surface area contributed by atoms with E-state index in [1.54, 1.807) is 24.9 Å². The van der Waals surface area contributed by atoms with Crippen LogP contribution in [0.3, 0.4) is 0 Å². The molecule has 0 aliphatic carbocycles. The van der Waals surface area contributed by atoms with Crippen molar-refractivity contribution >= 4 is 0 Å². The van der Waals surface area contributed by atoms with Gasteiger partial charge in [-0.1, -0.05) is 0 Å². The minimum absolute atomic E-state index is 0.210. The summed E-state index contributed by atoms with van der Waals surface area (Å²) in [5, 5.41) is 17.2. The van der Waals surface area contributed by atoms with Crippen LogP contribution in [0.5, 0.6) is 5.75 Å². The molecule has 0 bridgehead atoms. The highest BCUT2D eigenvalue weighted by molar-refractivity contribution is 5.35. The molecular weight excluding hydrogens is 237 g/mol. The molecule has 18 heavy (non-hydrogen) atoms. The van der Waals surface area contributed by atoms with Crippen LogP contribution in [0.2, 0.25) is 0 Å². The third kappa shape index (κ3) is 2.65. The molecule has 2 rings (SSSR count). The Morgan fingerprint density at radius 1 is 1.50 bits per heavy atom. The van der Waals surface area contributed by atoms with E-state index in [1.165, 1.54) is 18.2 Å². The quantitative estimate of drug-likeness (QED) is 0.896. The van der Waals surface area contributed by atoms with Gasteiger partial charge in [0, 0.05) is 12.6 Å². The second kappa shape index (κ2) is 5.14. The molecule has 0 aliphatic rings. The summed E-state index contributed by atoms with van der Waals surface area (Å²) in [4.78, 5) is 0. The molecule has 0 unspecified atom stereocenters. The number of ether oxygens (including phenoxy) is 1. The van der Waals surface area contributed by atoms with Crippen molar-refractivity contribution in [2.75, 3.05) is 0 Å². The zero-order chi connectivity index (χ0) is 13.1. The average Bonchev–Trinajstić information content (AvgIpc) is 2.73. The predicted molar refractivity (Wildman–Crippen MR) is 62.4 cm³/mol. The first-order valence-electron chi connectivity index (χ1n) is 5.51. The van der Waals surface area contributed by atoms with Crippen LogP contribution in [0.4, 0.5) is 4.39 Å². The minimum Gasteiger partial charge on any atom is -0.485 e. The Bertz CT molecular complexity index is 540. The van der Waals surface area contributed by atoms with E-state index in [-0.39, 0.29) is 6.61 Å². The van der Waals surface area contributed by atoms with Crippen molar-refractivity contribution in [3.8, 4) is 5.75 Å². The summed E-state index contributed by atoms with van der Waals surface area (Å²) < 4.78 is 20.3. The van der Waals surface area contributed by atoms with Crippen LogP contribution < -0.4 is 4.74 Å². The molecule has 0 fully saturated rings. The van der Waals surface area contributed by atoms with Gasteiger partial charge in [-0.15, -0.1) is 10.2 Å². The SMILES string of the molecule is C[C@H](O)c1cc(F)ccc1OCc1nncn1C. The highest BCUT2D eigenvalue weighted by atomic mass is 19.1. The van der Waals surface area contributed by atoms with Crippen molar-refractivity contribution in [1.29, 1.82) is 0 Å². The lowest BCUT2D eigenvalue weighted by Gasteiger charge is -2.13. The summed E-state index contributed by atoms with van der Waals surface area (Å²) >= 11 is 0. The predicted octanol–water partition coefficient (Wildman–Crippen LogP) is 1.59. The molecule has 6 heteroatoms. The van der Waals surface area contributed by atoms with Gasteiger partial charge in [-0.3, -0.25) is 0 Å². The maximum atomic E-state index is 13.1. The van der Waals surface area contributed by atoms with Crippen molar-refractivity contribution < 1.29 is 14.2 Å². The zero-order valence-corrected chi connectivity index (χ0v) is 10.2. The summed E-state index contributed by atoms with van der Waals surface area (Å²) in [6.45, 7) is 1.77. The summed E-state index contributed by atoms with van der Waals surface area (Å²) in [7, 11) is 1.80.